The zero-order valence-corrected chi connectivity index (χ0v) is 17.0. The van der Waals surface area contributed by atoms with Crippen LogP contribution in [0.3, 0.4) is 0 Å². The number of nitrogens with zero attached hydrogens (tertiary/aromatic N) is 1. The molecule has 1 aliphatic rings. The molecule has 5 heteroatoms. The Labute approximate surface area is 167 Å². The Morgan fingerprint density at radius 2 is 1.93 bits per heavy atom. The van der Waals surface area contributed by atoms with Crippen molar-refractivity contribution in [3.63, 3.8) is 0 Å². The summed E-state index contributed by atoms with van der Waals surface area (Å²) in [5, 5.41) is 2.99. The van der Waals surface area contributed by atoms with Crippen LogP contribution < -0.4 is 14.8 Å². The predicted molar refractivity (Wildman–Crippen MR) is 111 cm³/mol. The maximum absolute atomic E-state index is 12.3. The number of amides is 1. The first kappa shape index (κ1) is 20.2. The fourth-order valence-corrected chi connectivity index (χ4v) is 3.44. The van der Waals surface area contributed by atoms with E-state index in [0.717, 1.165) is 43.0 Å². The molecule has 0 aromatic heterocycles. The van der Waals surface area contributed by atoms with E-state index >= 15 is 0 Å². The second kappa shape index (κ2) is 9.60. The van der Waals surface area contributed by atoms with Gasteiger partial charge in [-0.15, -0.1) is 0 Å². The summed E-state index contributed by atoms with van der Waals surface area (Å²) in [5.41, 5.74) is 3.42. The zero-order valence-electron chi connectivity index (χ0n) is 17.0. The molecule has 1 amide bonds. The monoisotopic (exact) mass is 382 g/mol. The summed E-state index contributed by atoms with van der Waals surface area (Å²) in [6.07, 6.45) is 2.10. The number of likely N-dealkylation sites (tertiary alicyclic amines) is 1. The van der Waals surface area contributed by atoms with Crippen LogP contribution in [0.15, 0.2) is 42.5 Å². The number of carbonyl (C=O) groups is 1. The summed E-state index contributed by atoms with van der Waals surface area (Å²) in [4.78, 5) is 14.5. The molecular weight excluding hydrogens is 352 g/mol. The van der Waals surface area contributed by atoms with Gasteiger partial charge in [0, 0.05) is 19.6 Å². The van der Waals surface area contributed by atoms with Gasteiger partial charge in [-0.25, -0.2) is 0 Å². The molecule has 150 valence electrons. The first-order valence-electron chi connectivity index (χ1n) is 9.89. The Balaban J connectivity index is 1.41. The van der Waals surface area contributed by atoms with Gasteiger partial charge in [0.15, 0.2) is 0 Å². The molecule has 1 heterocycles. The molecule has 0 unspecified atom stereocenters. The topological polar surface area (TPSA) is 50.8 Å². The molecule has 0 saturated carbocycles. The summed E-state index contributed by atoms with van der Waals surface area (Å²) >= 11 is 0. The molecular formula is C23H30N2O3. The molecule has 1 saturated heterocycles. The number of piperidine rings is 1. The van der Waals surface area contributed by atoms with Crippen LogP contribution in [0.5, 0.6) is 11.5 Å². The van der Waals surface area contributed by atoms with Gasteiger partial charge in [-0.3, -0.25) is 9.69 Å². The fraction of sp³-hybridized carbons (Fsp3) is 0.435. The van der Waals surface area contributed by atoms with Gasteiger partial charge in [-0.1, -0.05) is 24.3 Å². The van der Waals surface area contributed by atoms with Gasteiger partial charge in [-0.2, -0.15) is 0 Å². The van der Waals surface area contributed by atoms with Gasteiger partial charge < -0.3 is 14.8 Å². The Kier molecular flexibility index (Phi) is 6.93. The van der Waals surface area contributed by atoms with Crippen LogP contribution >= 0.6 is 0 Å². The highest BCUT2D eigenvalue weighted by atomic mass is 16.5. The van der Waals surface area contributed by atoms with Gasteiger partial charge in [0.2, 0.25) is 5.91 Å². The molecule has 0 radical (unpaired) electrons. The predicted octanol–water partition coefficient (Wildman–Crippen LogP) is 3.47. The van der Waals surface area contributed by atoms with Crippen LogP contribution in [0.1, 0.15) is 29.5 Å². The van der Waals surface area contributed by atoms with Gasteiger partial charge in [0.25, 0.3) is 0 Å². The van der Waals surface area contributed by atoms with Crippen LogP contribution in [-0.2, 0) is 11.3 Å². The standard InChI is InChI=1S/C23H30N2O3/c1-17-7-8-18(2)22(13-17)28-20-9-11-25(12-10-20)16-23(26)24-15-19-5-4-6-21(14-19)27-3/h4-8,13-14,20H,9-12,15-16H2,1-3H3,(H,24,26). The number of rotatable bonds is 7. The molecule has 2 aromatic carbocycles. The molecule has 2 aromatic rings. The molecule has 0 bridgehead atoms. The van der Waals surface area contributed by atoms with E-state index in [1.54, 1.807) is 7.11 Å². The summed E-state index contributed by atoms with van der Waals surface area (Å²) in [6, 6.07) is 14.1. The van der Waals surface area contributed by atoms with Crippen molar-refractivity contribution in [2.24, 2.45) is 0 Å². The number of nitrogens with one attached hydrogen (secondary N) is 1. The lowest BCUT2D eigenvalue weighted by atomic mass is 10.1. The van der Waals surface area contributed by atoms with Gasteiger partial charge >= 0.3 is 0 Å². The van der Waals surface area contributed by atoms with Crippen molar-refractivity contribution in [3.8, 4) is 11.5 Å². The van der Waals surface area contributed by atoms with E-state index in [2.05, 4.69) is 42.3 Å². The van der Waals surface area contributed by atoms with E-state index in [4.69, 9.17) is 9.47 Å². The van der Waals surface area contributed by atoms with Crippen LogP contribution in [0.4, 0.5) is 0 Å². The van der Waals surface area contributed by atoms with Crippen LogP contribution in [-0.4, -0.2) is 43.7 Å². The highest BCUT2D eigenvalue weighted by Gasteiger charge is 2.22. The normalized spacial score (nSPS) is 15.2. The largest absolute Gasteiger partial charge is 0.497 e. The molecule has 1 fully saturated rings. The number of carbonyl (C=O) groups excluding carboxylic acids is 1. The van der Waals surface area contributed by atoms with Crippen molar-refractivity contribution in [2.75, 3.05) is 26.7 Å². The third kappa shape index (κ3) is 5.73. The number of aryl methyl sites for hydroxylation is 2. The van der Waals surface area contributed by atoms with Crippen molar-refractivity contribution >= 4 is 5.91 Å². The summed E-state index contributed by atoms with van der Waals surface area (Å²) in [5.74, 6) is 1.84. The SMILES string of the molecule is COc1cccc(CNC(=O)CN2CCC(Oc3cc(C)ccc3C)CC2)c1. The smallest absolute Gasteiger partial charge is 0.234 e. The lowest BCUT2D eigenvalue weighted by molar-refractivity contribution is -0.122. The number of methoxy groups -OCH3 is 1. The van der Waals surface area contributed by atoms with E-state index in [9.17, 15) is 4.79 Å². The van der Waals surface area contributed by atoms with E-state index in [1.165, 1.54) is 11.1 Å². The molecule has 0 spiro atoms. The number of benzene rings is 2. The molecule has 28 heavy (non-hydrogen) atoms. The highest BCUT2D eigenvalue weighted by Crippen LogP contribution is 2.24. The lowest BCUT2D eigenvalue weighted by Crippen LogP contribution is -2.43. The summed E-state index contributed by atoms with van der Waals surface area (Å²) in [7, 11) is 1.64. The molecule has 1 aliphatic heterocycles. The third-order valence-corrected chi connectivity index (χ3v) is 5.16. The number of hydrogen-bond donors (Lipinski definition) is 1. The summed E-state index contributed by atoms with van der Waals surface area (Å²) < 4.78 is 11.4. The Morgan fingerprint density at radius 3 is 2.68 bits per heavy atom. The molecule has 0 atom stereocenters. The zero-order chi connectivity index (χ0) is 19.9. The molecule has 0 aliphatic carbocycles. The van der Waals surface area contributed by atoms with Crippen LogP contribution in [0, 0.1) is 13.8 Å². The van der Waals surface area contributed by atoms with Gasteiger partial charge in [0.1, 0.15) is 17.6 Å². The van der Waals surface area contributed by atoms with E-state index in [0.29, 0.717) is 13.1 Å². The van der Waals surface area contributed by atoms with Crippen molar-refractivity contribution < 1.29 is 14.3 Å². The highest BCUT2D eigenvalue weighted by molar-refractivity contribution is 5.78. The first-order chi connectivity index (χ1) is 13.5. The second-order valence-electron chi connectivity index (χ2n) is 7.49. The van der Waals surface area contributed by atoms with Crippen molar-refractivity contribution in [3.05, 3.63) is 59.2 Å². The molecule has 1 N–H and O–H groups in total. The van der Waals surface area contributed by atoms with E-state index < -0.39 is 0 Å². The Morgan fingerprint density at radius 1 is 1.14 bits per heavy atom. The Bertz CT molecular complexity index is 798. The van der Waals surface area contributed by atoms with Gasteiger partial charge in [-0.05, 0) is 61.6 Å². The van der Waals surface area contributed by atoms with E-state index in [1.807, 2.05) is 24.3 Å². The second-order valence-corrected chi connectivity index (χ2v) is 7.49. The fourth-order valence-electron chi connectivity index (χ4n) is 3.44. The minimum Gasteiger partial charge on any atom is -0.497 e. The number of ether oxygens (including phenoxy) is 2. The minimum atomic E-state index is 0.0525. The first-order valence-corrected chi connectivity index (χ1v) is 9.89. The lowest BCUT2D eigenvalue weighted by Gasteiger charge is -2.32. The summed E-state index contributed by atoms with van der Waals surface area (Å²) in [6.45, 7) is 6.86. The van der Waals surface area contributed by atoms with Crippen LogP contribution in [0.2, 0.25) is 0 Å². The average Bonchev–Trinajstić information content (AvgIpc) is 2.71. The maximum Gasteiger partial charge on any atom is 0.234 e. The van der Waals surface area contributed by atoms with Crippen LogP contribution in [0.25, 0.3) is 0 Å². The maximum atomic E-state index is 12.3. The van der Waals surface area contributed by atoms with Crippen molar-refractivity contribution in [2.45, 2.75) is 39.3 Å². The minimum absolute atomic E-state index is 0.0525. The molecule has 5 nitrogen and oxygen atoms in total. The molecule has 3 rings (SSSR count). The quantitative estimate of drug-likeness (QED) is 0.797. The number of hydrogen-bond acceptors (Lipinski definition) is 4. The average molecular weight is 383 g/mol. The third-order valence-electron chi connectivity index (χ3n) is 5.16. The van der Waals surface area contributed by atoms with Crippen molar-refractivity contribution in [1.29, 1.82) is 0 Å². The van der Waals surface area contributed by atoms with E-state index in [-0.39, 0.29) is 12.0 Å². The van der Waals surface area contributed by atoms with Gasteiger partial charge in [0.05, 0.1) is 13.7 Å². The Hall–Kier alpha value is -2.53. The van der Waals surface area contributed by atoms with Crippen molar-refractivity contribution in [1.82, 2.24) is 10.2 Å².